The number of piperidine rings is 1. The summed E-state index contributed by atoms with van der Waals surface area (Å²) in [5.74, 6) is -7.12. The largest absolute Gasteiger partial charge is 0.494 e. The van der Waals surface area contributed by atoms with Crippen LogP contribution in [0.25, 0.3) is 0 Å². The van der Waals surface area contributed by atoms with Crippen molar-refractivity contribution in [2.24, 2.45) is 17.8 Å². The predicted octanol–water partition coefficient (Wildman–Crippen LogP) is 1.03. The number of esters is 1. The molecule has 0 aromatic heterocycles. The van der Waals surface area contributed by atoms with Crippen molar-refractivity contribution in [1.82, 2.24) is 4.90 Å². The first-order chi connectivity index (χ1) is 14.2. The zero-order valence-electron chi connectivity index (χ0n) is 17.8. The summed E-state index contributed by atoms with van der Waals surface area (Å²) in [7, 11) is 1.34. The molecule has 0 amide bonds. The van der Waals surface area contributed by atoms with Gasteiger partial charge in [-0.3, -0.25) is 4.90 Å². The Morgan fingerprint density at radius 1 is 1.37 bits per heavy atom. The van der Waals surface area contributed by atoms with E-state index in [0.29, 0.717) is 0 Å². The van der Waals surface area contributed by atoms with Crippen LogP contribution in [0, 0.1) is 17.8 Å². The van der Waals surface area contributed by atoms with Crippen LogP contribution in [0.3, 0.4) is 0 Å². The van der Waals surface area contributed by atoms with Crippen molar-refractivity contribution in [1.29, 1.82) is 0 Å². The van der Waals surface area contributed by atoms with Gasteiger partial charge in [-0.1, -0.05) is 26.0 Å². The highest BCUT2D eigenvalue weighted by Crippen LogP contribution is 2.74. The fraction of sp³-hybridized carbons (Fsp3) is 0.773. The maximum atomic E-state index is 12.3. The number of carbonyl (C=O) groups is 1. The van der Waals surface area contributed by atoms with E-state index in [2.05, 4.69) is 24.0 Å². The first-order valence-corrected chi connectivity index (χ1v) is 11.0. The van der Waals surface area contributed by atoms with Crippen LogP contribution in [0.5, 0.6) is 0 Å². The van der Waals surface area contributed by atoms with Crippen molar-refractivity contribution in [3.8, 4) is 0 Å². The normalized spacial score (nSPS) is 57.7. The van der Waals surface area contributed by atoms with Crippen molar-refractivity contribution in [2.75, 3.05) is 13.7 Å². The van der Waals surface area contributed by atoms with E-state index in [1.165, 1.54) is 14.0 Å². The van der Waals surface area contributed by atoms with Crippen LogP contribution in [-0.2, 0) is 23.7 Å². The highest BCUT2D eigenvalue weighted by atomic mass is 16.8. The molecule has 8 nitrogen and oxygen atoms in total. The average molecular weight is 419 g/mol. The molecule has 5 bridgehead atoms. The Kier molecular flexibility index (Phi) is 3.51. The van der Waals surface area contributed by atoms with Crippen molar-refractivity contribution < 1.29 is 34.0 Å². The second-order valence-corrected chi connectivity index (χ2v) is 9.67. The highest BCUT2D eigenvalue weighted by molar-refractivity contribution is 5.91. The Hall–Kier alpha value is -1.45. The molecule has 6 aliphatic heterocycles. The molecule has 0 aromatic rings. The van der Waals surface area contributed by atoms with Gasteiger partial charge in [0, 0.05) is 23.8 Å². The lowest BCUT2D eigenvalue weighted by Gasteiger charge is -2.47. The van der Waals surface area contributed by atoms with Gasteiger partial charge in [-0.25, -0.2) is 4.79 Å². The third-order valence-electron chi connectivity index (χ3n) is 8.75. The van der Waals surface area contributed by atoms with Crippen LogP contribution in [0.1, 0.15) is 40.0 Å². The standard InChI is InChI=1S/C22H29NO7/c1-5-6-8-19-14-7-9-23(19)13-10-15(19)28-20(14)16(13)12(3)21(25,30-20)22(26)17(27-4)11(2)18(24)29-22/h6,8,12-16,25-26H,5,7,9-10H2,1-4H3/b8-6+/t12?,13?,14?,15?,16?,19?,20?,21-,22?/m1/s1. The average Bonchev–Trinajstić information content (AvgIpc) is 3.38. The number of carbonyl (C=O) groups excluding carboxylic acids is 1. The minimum absolute atomic E-state index is 0.0106. The van der Waals surface area contributed by atoms with Gasteiger partial charge in [0.05, 0.1) is 24.3 Å². The lowest BCUT2D eigenvalue weighted by atomic mass is 9.69. The molecule has 10 atom stereocenters. The van der Waals surface area contributed by atoms with Gasteiger partial charge >= 0.3 is 11.8 Å². The first-order valence-electron chi connectivity index (χ1n) is 11.0. The number of fused-ring (bicyclic) bond motifs is 1. The van der Waals surface area contributed by atoms with Gasteiger partial charge < -0.3 is 29.2 Å². The molecule has 6 rings (SSSR count). The van der Waals surface area contributed by atoms with Crippen LogP contribution >= 0.6 is 0 Å². The zero-order chi connectivity index (χ0) is 21.3. The SMILES string of the molecule is CC/C=C/C12C3CC4C5C(C)[C@](O)(C6(O)OC(=O)C(C)=C6OC)OC5(O3)C1CCN42. The van der Waals surface area contributed by atoms with Crippen LogP contribution in [0.15, 0.2) is 23.5 Å². The monoisotopic (exact) mass is 419 g/mol. The van der Waals surface area contributed by atoms with Gasteiger partial charge in [-0.15, -0.1) is 0 Å². The fourth-order valence-corrected chi connectivity index (χ4v) is 7.74. The molecule has 5 fully saturated rings. The molecule has 5 saturated heterocycles. The van der Waals surface area contributed by atoms with E-state index in [9.17, 15) is 15.0 Å². The number of hydrogen-bond donors (Lipinski definition) is 2. The Morgan fingerprint density at radius 2 is 2.13 bits per heavy atom. The Morgan fingerprint density at radius 3 is 2.83 bits per heavy atom. The molecular formula is C22H29NO7. The highest BCUT2D eigenvalue weighted by Gasteiger charge is 2.87. The summed E-state index contributed by atoms with van der Waals surface area (Å²) < 4.78 is 23.7. The van der Waals surface area contributed by atoms with Crippen LogP contribution in [-0.4, -0.2) is 69.8 Å². The van der Waals surface area contributed by atoms with E-state index < -0.39 is 29.2 Å². The molecule has 0 radical (unpaired) electrons. The van der Waals surface area contributed by atoms with Gasteiger partial charge in [-0.05, 0) is 32.7 Å². The summed E-state index contributed by atoms with van der Waals surface area (Å²) in [5, 5.41) is 23.3. The fourth-order valence-electron chi connectivity index (χ4n) is 7.74. The summed E-state index contributed by atoms with van der Waals surface area (Å²) >= 11 is 0. The zero-order valence-corrected chi connectivity index (χ0v) is 17.8. The van der Waals surface area contributed by atoms with Crippen molar-refractivity contribution in [3.63, 3.8) is 0 Å². The quantitative estimate of drug-likeness (QED) is 0.515. The molecule has 30 heavy (non-hydrogen) atoms. The second kappa shape index (κ2) is 5.48. The van der Waals surface area contributed by atoms with Gasteiger partial charge in [0.25, 0.3) is 0 Å². The molecule has 2 N–H and O–H groups in total. The first kappa shape index (κ1) is 19.3. The number of hydrogen-bond acceptors (Lipinski definition) is 8. The van der Waals surface area contributed by atoms with Crippen LogP contribution in [0.2, 0.25) is 0 Å². The molecule has 164 valence electrons. The van der Waals surface area contributed by atoms with E-state index in [-0.39, 0.29) is 40.9 Å². The van der Waals surface area contributed by atoms with Crippen molar-refractivity contribution >= 4 is 5.97 Å². The van der Waals surface area contributed by atoms with Gasteiger partial charge in [0.2, 0.25) is 5.79 Å². The third kappa shape index (κ3) is 1.68. The number of ether oxygens (including phenoxy) is 4. The molecular weight excluding hydrogens is 390 g/mol. The number of methoxy groups -OCH3 is 1. The van der Waals surface area contributed by atoms with E-state index in [1.54, 1.807) is 0 Å². The minimum Gasteiger partial charge on any atom is -0.494 e. The van der Waals surface area contributed by atoms with Gasteiger partial charge in [-0.2, -0.15) is 0 Å². The Balaban J connectivity index is 1.48. The predicted molar refractivity (Wildman–Crippen MR) is 102 cm³/mol. The van der Waals surface area contributed by atoms with E-state index in [0.717, 1.165) is 25.8 Å². The molecule has 8 heteroatoms. The maximum absolute atomic E-state index is 12.3. The second-order valence-electron chi connectivity index (χ2n) is 9.67. The third-order valence-corrected chi connectivity index (χ3v) is 8.75. The van der Waals surface area contributed by atoms with Gasteiger partial charge in [0.15, 0.2) is 11.5 Å². The Labute approximate surface area is 175 Å². The molecule has 1 spiro atoms. The van der Waals surface area contributed by atoms with Crippen molar-refractivity contribution in [2.45, 2.75) is 75.1 Å². The minimum atomic E-state index is -2.42. The lowest BCUT2D eigenvalue weighted by Crippen LogP contribution is -2.60. The summed E-state index contributed by atoms with van der Waals surface area (Å²) in [6.45, 7) is 6.43. The van der Waals surface area contributed by atoms with E-state index in [4.69, 9.17) is 18.9 Å². The topological polar surface area (TPSA) is 97.7 Å². The number of cyclic esters (lactones) is 1. The number of aliphatic hydroxyl groups is 2. The molecule has 0 saturated carbocycles. The summed E-state index contributed by atoms with van der Waals surface area (Å²) in [5.41, 5.74) is -0.105. The number of allylic oxidation sites excluding steroid dienone is 1. The molecule has 6 heterocycles. The number of rotatable bonds is 4. The summed E-state index contributed by atoms with van der Waals surface area (Å²) in [6, 6.07) is 0.171. The van der Waals surface area contributed by atoms with Crippen molar-refractivity contribution in [3.05, 3.63) is 23.5 Å². The molecule has 9 unspecified atom stereocenters. The van der Waals surface area contributed by atoms with E-state index in [1.807, 2.05) is 6.92 Å². The molecule has 0 aromatic carbocycles. The van der Waals surface area contributed by atoms with Gasteiger partial charge in [0.1, 0.15) is 0 Å². The van der Waals surface area contributed by atoms with E-state index >= 15 is 0 Å². The Bertz CT molecular complexity index is 902. The smallest absolute Gasteiger partial charge is 0.340 e. The van der Waals surface area contributed by atoms with Crippen LogP contribution in [0.4, 0.5) is 0 Å². The molecule has 6 aliphatic rings. The maximum Gasteiger partial charge on any atom is 0.340 e. The lowest BCUT2D eigenvalue weighted by molar-refractivity contribution is -0.406. The van der Waals surface area contributed by atoms with Crippen LogP contribution < -0.4 is 0 Å². The summed E-state index contributed by atoms with van der Waals surface area (Å²) in [4.78, 5) is 14.8. The number of nitrogens with zero attached hydrogens (tertiary/aromatic N) is 1. The summed E-state index contributed by atoms with van der Waals surface area (Å²) in [6.07, 6.45) is 7.16. The molecule has 0 aliphatic carbocycles.